The molecule has 4 heteroatoms. The molecule has 17 heavy (non-hydrogen) atoms. The van der Waals surface area contributed by atoms with E-state index in [4.69, 9.17) is 4.74 Å². The number of hydrogen-bond donors (Lipinski definition) is 0. The number of carbonyl (C=O) groups is 1. The summed E-state index contributed by atoms with van der Waals surface area (Å²) in [6.45, 7) is 7.83. The molecule has 1 rings (SSSR count). The summed E-state index contributed by atoms with van der Waals surface area (Å²) in [5, 5.41) is 0. The molecule has 0 aromatic carbocycles. The fraction of sp³-hybridized carbons (Fsp3) is 0.538. The number of hydrogen-bond acceptors (Lipinski definition) is 3. The molecule has 0 aliphatic rings. The third-order valence-corrected chi connectivity index (χ3v) is 2.58. The van der Waals surface area contributed by atoms with E-state index in [0.717, 1.165) is 12.1 Å². The third kappa shape index (κ3) is 2.75. The maximum atomic E-state index is 12.2. The Kier molecular flexibility index (Phi) is 4.49. The molecular weight excluding hydrogens is 218 g/mol. The lowest BCUT2D eigenvalue weighted by atomic mass is 10.2. The Morgan fingerprint density at radius 3 is 2.47 bits per heavy atom. The van der Waals surface area contributed by atoms with Crippen molar-refractivity contribution in [3.05, 3.63) is 33.7 Å². The lowest BCUT2D eigenvalue weighted by Crippen LogP contribution is -2.30. The number of ether oxygens (including phenoxy) is 1. The van der Waals surface area contributed by atoms with Crippen molar-refractivity contribution in [3.8, 4) is 0 Å². The number of nitrogens with zero attached hydrogens (tertiary/aromatic N) is 1. The van der Waals surface area contributed by atoms with Crippen LogP contribution in [0.25, 0.3) is 0 Å². The quantitative estimate of drug-likeness (QED) is 0.754. The second-order valence-electron chi connectivity index (χ2n) is 4.08. The first kappa shape index (κ1) is 13.5. The molecule has 0 spiro atoms. The van der Waals surface area contributed by atoms with Gasteiger partial charge in [0.2, 0.25) is 0 Å². The van der Waals surface area contributed by atoms with Crippen molar-refractivity contribution in [1.82, 2.24) is 4.57 Å². The molecule has 0 aliphatic heterocycles. The highest BCUT2D eigenvalue weighted by Gasteiger charge is 2.16. The highest BCUT2D eigenvalue weighted by Crippen LogP contribution is 2.09. The summed E-state index contributed by atoms with van der Waals surface area (Å²) in [6, 6.07) is 3.40. The van der Waals surface area contributed by atoms with Crippen LogP contribution in [0.2, 0.25) is 0 Å². The fourth-order valence-electron chi connectivity index (χ4n) is 1.81. The molecule has 0 fully saturated rings. The summed E-state index contributed by atoms with van der Waals surface area (Å²) in [5.41, 5.74) is 0.772. The predicted octanol–water partition coefficient (Wildman–Crippen LogP) is 2.17. The van der Waals surface area contributed by atoms with Crippen LogP contribution in [0.1, 0.15) is 49.8 Å². The molecule has 0 amide bonds. The molecule has 0 bridgehead atoms. The minimum atomic E-state index is -0.547. The minimum Gasteiger partial charge on any atom is -0.462 e. The van der Waals surface area contributed by atoms with Gasteiger partial charge in [0.05, 0.1) is 6.61 Å². The second-order valence-corrected chi connectivity index (χ2v) is 4.08. The van der Waals surface area contributed by atoms with Gasteiger partial charge in [-0.3, -0.25) is 4.79 Å². The molecule has 0 unspecified atom stereocenters. The van der Waals surface area contributed by atoms with Gasteiger partial charge in [-0.25, -0.2) is 4.79 Å². The van der Waals surface area contributed by atoms with Crippen LogP contribution in [0.5, 0.6) is 0 Å². The van der Waals surface area contributed by atoms with Gasteiger partial charge in [-0.2, -0.15) is 0 Å². The van der Waals surface area contributed by atoms with Gasteiger partial charge in [0.15, 0.2) is 0 Å². The van der Waals surface area contributed by atoms with Crippen LogP contribution in [-0.4, -0.2) is 17.1 Å². The number of rotatable bonds is 4. The van der Waals surface area contributed by atoms with Crippen LogP contribution in [0.15, 0.2) is 16.9 Å². The predicted molar refractivity (Wildman–Crippen MR) is 66.4 cm³/mol. The summed E-state index contributed by atoms with van der Waals surface area (Å²) < 4.78 is 6.51. The van der Waals surface area contributed by atoms with Crippen LogP contribution >= 0.6 is 0 Å². The van der Waals surface area contributed by atoms with E-state index in [9.17, 15) is 9.59 Å². The fourth-order valence-corrected chi connectivity index (χ4v) is 1.81. The van der Waals surface area contributed by atoms with Crippen molar-refractivity contribution in [3.63, 3.8) is 0 Å². The first-order chi connectivity index (χ1) is 8.02. The zero-order chi connectivity index (χ0) is 13.0. The summed E-state index contributed by atoms with van der Waals surface area (Å²) >= 11 is 0. The van der Waals surface area contributed by atoms with Crippen molar-refractivity contribution in [2.75, 3.05) is 6.61 Å². The minimum absolute atomic E-state index is 0.0341. The van der Waals surface area contributed by atoms with E-state index in [1.165, 1.54) is 0 Å². The van der Waals surface area contributed by atoms with Gasteiger partial charge in [-0.05, 0) is 39.3 Å². The Morgan fingerprint density at radius 2 is 2.00 bits per heavy atom. The summed E-state index contributed by atoms with van der Waals surface area (Å²) in [4.78, 5) is 23.8. The molecule has 1 aromatic rings. The molecule has 1 heterocycles. The van der Waals surface area contributed by atoms with Gasteiger partial charge in [-0.15, -0.1) is 0 Å². The Hall–Kier alpha value is -1.58. The molecular formula is C13H19NO3. The van der Waals surface area contributed by atoms with E-state index in [-0.39, 0.29) is 23.8 Å². The normalized spacial score (nSPS) is 10.6. The van der Waals surface area contributed by atoms with Crippen LogP contribution in [0.4, 0.5) is 0 Å². The Labute approximate surface area is 101 Å². The SMILES string of the molecule is CCOC(=O)c1ccc(CC)n(C(C)C)c1=O. The number of carbonyl (C=O) groups excluding carboxylic acids is 1. The number of pyridine rings is 1. The van der Waals surface area contributed by atoms with Gasteiger partial charge in [-0.1, -0.05) is 6.92 Å². The first-order valence-electron chi connectivity index (χ1n) is 5.94. The maximum Gasteiger partial charge on any atom is 0.343 e. The van der Waals surface area contributed by atoms with E-state index in [0.29, 0.717) is 0 Å². The molecule has 94 valence electrons. The van der Waals surface area contributed by atoms with E-state index >= 15 is 0 Å². The molecule has 0 radical (unpaired) electrons. The van der Waals surface area contributed by atoms with Crippen molar-refractivity contribution >= 4 is 5.97 Å². The van der Waals surface area contributed by atoms with Gasteiger partial charge < -0.3 is 9.30 Å². The molecule has 0 saturated heterocycles. The number of aromatic nitrogens is 1. The van der Waals surface area contributed by atoms with Crippen LogP contribution < -0.4 is 5.56 Å². The number of aryl methyl sites for hydroxylation is 1. The Balaban J connectivity index is 3.33. The summed E-state index contributed by atoms with van der Waals surface area (Å²) in [5.74, 6) is -0.547. The van der Waals surface area contributed by atoms with E-state index in [2.05, 4.69) is 0 Å². The van der Waals surface area contributed by atoms with Gasteiger partial charge in [0.25, 0.3) is 5.56 Å². The molecule has 0 N–H and O–H groups in total. The Morgan fingerprint density at radius 1 is 1.35 bits per heavy atom. The molecule has 1 aromatic heterocycles. The first-order valence-corrected chi connectivity index (χ1v) is 5.94. The van der Waals surface area contributed by atoms with Crippen molar-refractivity contribution in [2.24, 2.45) is 0 Å². The van der Waals surface area contributed by atoms with E-state index in [1.54, 1.807) is 17.6 Å². The highest BCUT2D eigenvalue weighted by atomic mass is 16.5. The summed E-state index contributed by atoms with van der Waals surface area (Å²) in [7, 11) is 0. The average Bonchev–Trinajstić information content (AvgIpc) is 2.27. The molecule has 0 saturated carbocycles. The number of esters is 1. The van der Waals surface area contributed by atoms with Crippen molar-refractivity contribution in [2.45, 2.75) is 40.2 Å². The standard InChI is InChI=1S/C13H19NO3/c1-5-10-7-8-11(13(16)17-6-2)12(15)14(10)9(3)4/h7-9H,5-6H2,1-4H3. The third-order valence-electron chi connectivity index (χ3n) is 2.58. The van der Waals surface area contributed by atoms with Gasteiger partial charge in [0, 0.05) is 11.7 Å². The van der Waals surface area contributed by atoms with Crippen LogP contribution in [0.3, 0.4) is 0 Å². The zero-order valence-electron chi connectivity index (χ0n) is 10.8. The lowest BCUT2D eigenvalue weighted by Gasteiger charge is -2.16. The zero-order valence-corrected chi connectivity index (χ0v) is 10.8. The molecule has 0 aliphatic carbocycles. The van der Waals surface area contributed by atoms with E-state index in [1.807, 2.05) is 26.8 Å². The van der Waals surface area contributed by atoms with Crippen molar-refractivity contribution < 1.29 is 9.53 Å². The lowest BCUT2D eigenvalue weighted by molar-refractivity contribution is 0.0523. The average molecular weight is 237 g/mol. The second kappa shape index (κ2) is 5.66. The molecule has 0 atom stereocenters. The van der Waals surface area contributed by atoms with Gasteiger partial charge >= 0.3 is 5.97 Å². The van der Waals surface area contributed by atoms with Crippen LogP contribution in [-0.2, 0) is 11.2 Å². The summed E-state index contributed by atoms with van der Waals surface area (Å²) in [6.07, 6.45) is 0.760. The van der Waals surface area contributed by atoms with Gasteiger partial charge in [0.1, 0.15) is 5.56 Å². The Bertz CT molecular complexity index is 460. The monoisotopic (exact) mass is 237 g/mol. The molecule has 4 nitrogen and oxygen atoms in total. The van der Waals surface area contributed by atoms with Crippen molar-refractivity contribution in [1.29, 1.82) is 0 Å². The maximum absolute atomic E-state index is 12.2. The van der Waals surface area contributed by atoms with Crippen LogP contribution in [0, 0.1) is 0 Å². The van der Waals surface area contributed by atoms with E-state index < -0.39 is 5.97 Å². The highest BCUT2D eigenvalue weighted by molar-refractivity contribution is 5.88. The smallest absolute Gasteiger partial charge is 0.343 e. The largest absolute Gasteiger partial charge is 0.462 e. The topological polar surface area (TPSA) is 48.3 Å².